The van der Waals surface area contributed by atoms with Crippen LogP contribution < -0.4 is 5.32 Å². The molecule has 4 nitrogen and oxygen atoms in total. The third kappa shape index (κ3) is 7.61. The van der Waals surface area contributed by atoms with Crippen molar-refractivity contribution in [1.82, 2.24) is 5.32 Å². The Morgan fingerprint density at radius 1 is 1.50 bits per heavy atom. The molecule has 0 saturated heterocycles. The van der Waals surface area contributed by atoms with Crippen LogP contribution in [0.4, 0.5) is 4.79 Å². The van der Waals surface area contributed by atoms with E-state index in [1.807, 2.05) is 13.8 Å². The van der Waals surface area contributed by atoms with Gasteiger partial charge in [0.25, 0.3) is 0 Å². The van der Waals surface area contributed by atoms with Crippen LogP contribution in [0.3, 0.4) is 0 Å². The van der Waals surface area contributed by atoms with Crippen LogP contribution in [0.15, 0.2) is 12.2 Å². The quantitative estimate of drug-likeness (QED) is 0.572. The number of hydrogen-bond acceptors (Lipinski definition) is 2. The molecule has 3 N–H and O–H groups in total. The van der Waals surface area contributed by atoms with Gasteiger partial charge >= 0.3 is 6.09 Å². The van der Waals surface area contributed by atoms with Crippen LogP contribution in [-0.4, -0.2) is 29.0 Å². The number of aliphatic hydroxyl groups is 1. The number of hydrogen-bond donors (Lipinski definition) is 3. The van der Waals surface area contributed by atoms with Gasteiger partial charge in [0.1, 0.15) is 0 Å². The lowest BCUT2D eigenvalue weighted by molar-refractivity contribution is 0.190. The number of nitrogens with one attached hydrogen (secondary N) is 1. The summed E-state index contributed by atoms with van der Waals surface area (Å²) in [5.41, 5.74) is 0. The van der Waals surface area contributed by atoms with E-state index in [0.29, 0.717) is 12.3 Å². The minimum absolute atomic E-state index is 0.0952. The minimum Gasteiger partial charge on any atom is -0.465 e. The molecule has 82 valence electrons. The maximum absolute atomic E-state index is 10.4. The van der Waals surface area contributed by atoms with E-state index in [0.717, 1.165) is 6.42 Å². The summed E-state index contributed by atoms with van der Waals surface area (Å²) in [6, 6.07) is -0.154. The molecule has 1 unspecified atom stereocenters. The Morgan fingerprint density at radius 2 is 2.14 bits per heavy atom. The van der Waals surface area contributed by atoms with Crippen molar-refractivity contribution in [3.63, 3.8) is 0 Å². The lowest BCUT2D eigenvalue weighted by Gasteiger charge is -2.14. The van der Waals surface area contributed by atoms with E-state index in [4.69, 9.17) is 10.2 Å². The summed E-state index contributed by atoms with van der Waals surface area (Å²) in [6.45, 7) is 4.17. The largest absolute Gasteiger partial charge is 0.465 e. The molecule has 0 aromatic carbocycles. The summed E-state index contributed by atoms with van der Waals surface area (Å²) in [5.74, 6) is 0.436. The molecule has 0 saturated carbocycles. The summed E-state index contributed by atoms with van der Waals surface area (Å²) in [7, 11) is 0. The fourth-order valence-electron chi connectivity index (χ4n) is 1.19. The van der Waals surface area contributed by atoms with E-state index >= 15 is 0 Å². The van der Waals surface area contributed by atoms with Gasteiger partial charge in [-0.2, -0.15) is 0 Å². The van der Waals surface area contributed by atoms with E-state index in [1.54, 1.807) is 12.2 Å². The first kappa shape index (κ1) is 13.0. The van der Waals surface area contributed by atoms with Crippen molar-refractivity contribution in [2.24, 2.45) is 5.92 Å². The van der Waals surface area contributed by atoms with Crippen LogP contribution in [-0.2, 0) is 0 Å². The smallest absolute Gasteiger partial charge is 0.405 e. The highest BCUT2D eigenvalue weighted by atomic mass is 16.4. The summed E-state index contributed by atoms with van der Waals surface area (Å²) >= 11 is 0. The fraction of sp³-hybridized carbons (Fsp3) is 0.700. The van der Waals surface area contributed by atoms with E-state index < -0.39 is 6.09 Å². The molecular weight excluding hydrogens is 182 g/mol. The first-order chi connectivity index (χ1) is 6.56. The fourth-order valence-corrected chi connectivity index (χ4v) is 1.19. The van der Waals surface area contributed by atoms with E-state index in [9.17, 15) is 4.79 Å². The van der Waals surface area contributed by atoms with Crippen LogP contribution in [0, 0.1) is 5.92 Å². The molecule has 0 aliphatic heterocycles. The predicted molar refractivity (Wildman–Crippen MR) is 55.2 cm³/mol. The molecule has 0 aliphatic carbocycles. The summed E-state index contributed by atoms with van der Waals surface area (Å²) in [6.07, 6.45) is 3.92. The number of rotatable bonds is 6. The highest BCUT2D eigenvalue weighted by Crippen LogP contribution is 2.06. The van der Waals surface area contributed by atoms with Gasteiger partial charge in [-0.15, -0.1) is 0 Å². The summed E-state index contributed by atoms with van der Waals surface area (Å²) in [4.78, 5) is 10.4. The zero-order valence-electron chi connectivity index (χ0n) is 8.73. The van der Waals surface area contributed by atoms with Crippen molar-refractivity contribution >= 4 is 6.09 Å². The van der Waals surface area contributed by atoms with Crippen molar-refractivity contribution in [2.45, 2.75) is 32.7 Å². The Labute approximate surface area is 84.6 Å². The number of carboxylic acid groups (broad SMARTS) is 1. The topological polar surface area (TPSA) is 69.6 Å². The van der Waals surface area contributed by atoms with Crippen LogP contribution in [0.5, 0.6) is 0 Å². The number of carbonyl (C=O) groups is 1. The van der Waals surface area contributed by atoms with Gasteiger partial charge in [0.05, 0.1) is 6.04 Å². The van der Waals surface area contributed by atoms with Gasteiger partial charge < -0.3 is 15.5 Å². The first-order valence-corrected chi connectivity index (χ1v) is 4.83. The third-order valence-electron chi connectivity index (χ3n) is 1.70. The Balaban J connectivity index is 4.02. The van der Waals surface area contributed by atoms with Crippen LogP contribution in [0.2, 0.25) is 0 Å². The summed E-state index contributed by atoms with van der Waals surface area (Å²) < 4.78 is 0. The third-order valence-corrected chi connectivity index (χ3v) is 1.70. The maximum Gasteiger partial charge on any atom is 0.405 e. The van der Waals surface area contributed by atoms with Crippen LogP contribution in [0.1, 0.15) is 26.7 Å². The van der Waals surface area contributed by atoms with Crippen molar-refractivity contribution in [1.29, 1.82) is 0 Å². The Bertz CT molecular complexity index is 190. The average Bonchev–Trinajstić information content (AvgIpc) is 2.02. The Morgan fingerprint density at radius 3 is 2.57 bits per heavy atom. The monoisotopic (exact) mass is 201 g/mol. The highest BCUT2D eigenvalue weighted by molar-refractivity contribution is 5.65. The number of aliphatic hydroxyl groups excluding tert-OH is 1. The van der Waals surface area contributed by atoms with Gasteiger partial charge in [-0.25, -0.2) is 4.79 Å². The molecule has 0 rings (SSSR count). The Hall–Kier alpha value is -1.03. The van der Waals surface area contributed by atoms with Gasteiger partial charge in [-0.1, -0.05) is 26.0 Å². The molecule has 0 spiro atoms. The number of amides is 1. The van der Waals surface area contributed by atoms with E-state index in [-0.39, 0.29) is 12.6 Å². The molecule has 1 atom stereocenters. The van der Waals surface area contributed by atoms with Gasteiger partial charge in [-0.05, 0) is 18.8 Å². The highest BCUT2D eigenvalue weighted by Gasteiger charge is 2.09. The van der Waals surface area contributed by atoms with Gasteiger partial charge in [-0.3, -0.25) is 0 Å². The molecule has 14 heavy (non-hydrogen) atoms. The van der Waals surface area contributed by atoms with E-state index in [1.165, 1.54) is 0 Å². The molecule has 4 heteroatoms. The molecule has 0 aromatic rings. The van der Waals surface area contributed by atoms with Crippen molar-refractivity contribution in [3.05, 3.63) is 12.2 Å². The molecule has 0 radical (unpaired) electrons. The molecule has 0 aliphatic rings. The Kier molecular flexibility index (Phi) is 6.84. The molecule has 0 aromatic heterocycles. The van der Waals surface area contributed by atoms with Crippen LogP contribution >= 0.6 is 0 Å². The average molecular weight is 201 g/mol. The van der Waals surface area contributed by atoms with Crippen molar-refractivity contribution in [2.75, 3.05) is 6.61 Å². The maximum atomic E-state index is 10.4. The SMILES string of the molecule is CC(C)CC(/C=C/CCO)NC(=O)O. The van der Waals surface area contributed by atoms with Crippen LogP contribution in [0.25, 0.3) is 0 Å². The zero-order chi connectivity index (χ0) is 11.0. The normalized spacial score (nSPS) is 13.4. The second-order valence-corrected chi connectivity index (χ2v) is 3.63. The van der Waals surface area contributed by atoms with Gasteiger partial charge in [0, 0.05) is 6.61 Å². The lowest BCUT2D eigenvalue weighted by atomic mass is 10.0. The second-order valence-electron chi connectivity index (χ2n) is 3.63. The lowest BCUT2D eigenvalue weighted by Crippen LogP contribution is -2.33. The molecule has 0 bridgehead atoms. The molecule has 0 heterocycles. The second kappa shape index (κ2) is 7.38. The van der Waals surface area contributed by atoms with E-state index in [2.05, 4.69) is 5.32 Å². The molecule has 1 amide bonds. The van der Waals surface area contributed by atoms with Gasteiger partial charge in [0.15, 0.2) is 0 Å². The molecule has 0 fully saturated rings. The van der Waals surface area contributed by atoms with Crippen molar-refractivity contribution in [3.8, 4) is 0 Å². The standard InChI is InChI=1S/C10H19NO3/c1-8(2)7-9(11-10(13)14)5-3-4-6-12/h3,5,8-9,11-12H,4,6-7H2,1-2H3,(H,13,14)/b5-3+. The molecular formula is C10H19NO3. The predicted octanol–water partition coefficient (Wildman–Crippen LogP) is 1.61. The van der Waals surface area contributed by atoms with Crippen molar-refractivity contribution < 1.29 is 15.0 Å². The first-order valence-electron chi connectivity index (χ1n) is 4.83. The minimum atomic E-state index is -1.01. The zero-order valence-corrected chi connectivity index (χ0v) is 8.73. The summed E-state index contributed by atoms with van der Waals surface area (Å²) in [5, 5.41) is 19.5. The van der Waals surface area contributed by atoms with Gasteiger partial charge in [0.2, 0.25) is 0 Å².